The van der Waals surface area contributed by atoms with E-state index in [0.717, 1.165) is 12.1 Å². The quantitative estimate of drug-likeness (QED) is 0.0396. The molecule has 4 N–H and O–H groups in total. The van der Waals surface area contributed by atoms with Crippen LogP contribution in [0.25, 0.3) is 22.0 Å². The van der Waals surface area contributed by atoms with Gasteiger partial charge in [0.05, 0.1) is 56.0 Å². The van der Waals surface area contributed by atoms with Crippen LogP contribution in [-0.2, 0) is 39.0 Å². The fourth-order valence-electron chi connectivity index (χ4n) is 7.81. The molecule has 2 aromatic heterocycles. The molecular weight excluding hydrogens is 980 g/mol. The Labute approximate surface area is 391 Å². The summed E-state index contributed by atoms with van der Waals surface area (Å²) in [6.07, 6.45) is -10.9. The van der Waals surface area contributed by atoms with Gasteiger partial charge in [-0.2, -0.15) is 39.8 Å². The van der Waals surface area contributed by atoms with Crippen LogP contribution in [0.5, 0.6) is 0 Å². The predicted molar refractivity (Wildman–Crippen MR) is 235 cm³/mol. The van der Waals surface area contributed by atoms with Gasteiger partial charge in [0, 0.05) is 42.0 Å². The van der Waals surface area contributed by atoms with Crippen molar-refractivity contribution < 1.29 is 61.7 Å². The highest BCUT2D eigenvalue weighted by Gasteiger charge is 2.56. The molecule has 24 heteroatoms. The first kappa shape index (κ1) is 50.8. The fraction of sp³-hybridized carbons (Fsp3) is 0.455. The van der Waals surface area contributed by atoms with E-state index in [2.05, 4.69) is 32.0 Å². The predicted octanol–water partition coefficient (Wildman–Crippen LogP) is 9.57. The second kappa shape index (κ2) is 17.7. The van der Waals surface area contributed by atoms with Crippen molar-refractivity contribution in [3.8, 4) is 23.0 Å². The number of carbonyl (C=O) groups excluding carboxylic acids is 1. The molecule has 2 aromatic carbocycles. The molecule has 2 saturated carbocycles. The van der Waals surface area contributed by atoms with Crippen molar-refractivity contribution in [3.05, 3.63) is 87.3 Å². The number of allylic oxidation sites excluding steroid dienone is 2. The van der Waals surface area contributed by atoms with E-state index >= 15 is 8.78 Å². The molecule has 0 bridgehead atoms. The van der Waals surface area contributed by atoms with Crippen molar-refractivity contribution in [2.24, 2.45) is 0 Å². The molecule has 366 valence electrons. The summed E-state index contributed by atoms with van der Waals surface area (Å²) in [6, 6.07) is 5.85. The summed E-state index contributed by atoms with van der Waals surface area (Å²) in [5, 5.41) is 15.9. The molecule has 0 radical (unpaired) electrons. The van der Waals surface area contributed by atoms with Gasteiger partial charge in [-0.1, -0.05) is 23.6 Å². The number of sulfone groups is 1. The maximum atomic E-state index is 15.0. The van der Waals surface area contributed by atoms with Gasteiger partial charge in [0.1, 0.15) is 39.1 Å². The Bertz CT molecular complexity index is 2900. The number of hydrogen-bond donors (Lipinski definition) is 4. The number of nitrogens with zero attached hydrogens (tertiary/aromatic N) is 3. The van der Waals surface area contributed by atoms with Gasteiger partial charge in [0.2, 0.25) is 11.7 Å². The first-order valence-electron chi connectivity index (χ1n) is 20.8. The number of amides is 1. The maximum absolute atomic E-state index is 15.0. The maximum Gasteiger partial charge on any atom is 0.433 e. The number of alkyl halides is 8. The third-order valence-corrected chi connectivity index (χ3v) is 17.3. The molecule has 0 aliphatic heterocycles. The molecule has 68 heavy (non-hydrogen) atoms. The van der Waals surface area contributed by atoms with E-state index in [1.54, 1.807) is 13.8 Å². The van der Waals surface area contributed by atoms with E-state index < -0.39 is 127 Å². The van der Waals surface area contributed by atoms with E-state index in [1.165, 1.54) is 38.1 Å². The molecule has 7 rings (SSSR count). The van der Waals surface area contributed by atoms with Crippen LogP contribution in [0.2, 0.25) is 5.02 Å². The van der Waals surface area contributed by atoms with Gasteiger partial charge in [0.25, 0.3) is 5.92 Å². The second-order valence-electron chi connectivity index (χ2n) is 18.0. The van der Waals surface area contributed by atoms with E-state index in [0.29, 0.717) is 36.4 Å². The van der Waals surface area contributed by atoms with Gasteiger partial charge in [-0.3, -0.25) is 14.9 Å². The number of benzene rings is 2. The van der Waals surface area contributed by atoms with Crippen LogP contribution in [0.15, 0.2) is 53.7 Å². The average molecular weight is 1020 g/mol. The second-order valence-corrected chi connectivity index (χ2v) is 23.1. The molecule has 3 aliphatic rings. The number of carbonyl (C=O) groups is 1. The Balaban J connectivity index is 1.41. The molecule has 11 nitrogen and oxygen atoms in total. The molecule has 2 atom stereocenters. The van der Waals surface area contributed by atoms with E-state index in [9.17, 15) is 52.9 Å². The van der Waals surface area contributed by atoms with Crippen molar-refractivity contribution in [3.63, 3.8) is 0 Å². The van der Waals surface area contributed by atoms with Gasteiger partial charge in [-0.15, -0.1) is 5.10 Å². The Morgan fingerprint density at radius 2 is 1.62 bits per heavy atom. The number of aromatic nitrogens is 3. The topological polar surface area (TPSA) is 165 Å². The van der Waals surface area contributed by atoms with Crippen LogP contribution in [0.4, 0.5) is 49.7 Å². The normalized spacial score (nSPS) is 18.4. The van der Waals surface area contributed by atoms with Crippen LogP contribution in [0.3, 0.4) is 0 Å². The summed E-state index contributed by atoms with van der Waals surface area (Å²) in [6.45, 7) is 3.16. The van der Waals surface area contributed by atoms with Gasteiger partial charge in [-0.25, -0.2) is 22.2 Å². The van der Waals surface area contributed by atoms with Crippen molar-refractivity contribution in [2.45, 2.75) is 118 Å². The van der Waals surface area contributed by atoms with E-state index in [4.69, 9.17) is 17.0 Å². The van der Waals surface area contributed by atoms with Crippen LogP contribution in [0.1, 0.15) is 89.2 Å². The Hall–Kier alpha value is -5.05. The highest BCUT2D eigenvalue weighted by molar-refractivity contribution is 7.94. The highest BCUT2D eigenvalue weighted by atomic mass is 35.5. The summed E-state index contributed by atoms with van der Waals surface area (Å²) in [7, 11) is -3.89. The monoisotopic (exact) mass is 1020 g/mol. The summed E-state index contributed by atoms with van der Waals surface area (Å²) in [5.74, 6) is -2.12. The zero-order valence-electron chi connectivity index (χ0n) is 36.4. The third kappa shape index (κ3) is 10.4. The van der Waals surface area contributed by atoms with Crippen LogP contribution >= 0.6 is 11.6 Å². The van der Waals surface area contributed by atoms with Crippen LogP contribution in [0, 0.1) is 28.9 Å². The number of nitrogens with one attached hydrogen (secondary N) is 4. The summed E-state index contributed by atoms with van der Waals surface area (Å²) in [5.41, 5.74) is -5.55. The number of fused-ring (bicyclic) bond motifs is 1. The lowest BCUT2D eigenvalue weighted by molar-refractivity contribution is -0.141. The molecule has 1 amide bonds. The number of hydrogen-bond acceptors (Lipinski definition) is 9. The minimum Gasteiger partial charge on any atom is -0.593 e. The van der Waals surface area contributed by atoms with E-state index in [-0.39, 0.29) is 49.8 Å². The summed E-state index contributed by atoms with van der Waals surface area (Å²) < 4.78 is 183. The molecule has 0 saturated heterocycles. The zero-order chi connectivity index (χ0) is 50.2. The van der Waals surface area contributed by atoms with Crippen LogP contribution < -0.4 is 15.4 Å². The molecule has 2 fully saturated rings. The van der Waals surface area contributed by atoms with E-state index in [1.807, 2.05) is 5.32 Å². The highest BCUT2D eigenvalue weighted by Crippen LogP contribution is 2.48. The average Bonchev–Trinajstić information content (AvgIpc) is 4.11. The SMILES string of the molecule is CC1([S+]([O-])Nc2nn(CC(F)(F)F)c3c(-c4ccc(C#CC(C)(C)S(=O)(=O)C5(C)CC5)nc4[C@H](Cc4cc(F)cc(F)c4)NC(=O)CNC4=C(C(=N)C(F)(F)F)CCC4(F)F)ccc(Cl)c23)CC1. The standard InChI is InChI=1S/C44H42ClF10N7O4S2/c1-39(2,68(65,66)41(4)15-16-41)11-9-26-5-6-27(28-7-8-30(45)33-35(28)62(22-43(50,51)52)60-38(33)61-67(64)40(3)13-14-40)34(58-26)31(19-23-17-24(46)20-25(47)18-23)59-32(63)21-57-37-29(10-12-42(37,48)49)36(56)44(53,54)55/h5-8,17-18,20,31,56-57H,10,12-16,19,21-22H2,1-4H3,(H,59,63)(H,60,61)/t31-,67?/m0/s1. The number of pyridine rings is 1. The zero-order valence-corrected chi connectivity index (χ0v) is 38.8. The number of rotatable bonds is 15. The Morgan fingerprint density at radius 1 is 0.985 bits per heavy atom. The van der Waals surface area contributed by atoms with Crippen molar-refractivity contribution in [2.75, 3.05) is 11.3 Å². The first-order chi connectivity index (χ1) is 31.3. The molecule has 2 heterocycles. The van der Waals surface area contributed by atoms with Crippen LogP contribution in [-0.4, -0.2) is 78.4 Å². The van der Waals surface area contributed by atoms with Crippen molar-refractivity contribution >= 4 is 61.1 Å². The molecule has 3 aliphatic carbocycles. The lowest BCUT2D eigenvalue weighted by atomic mass is 9.93. The minimum absolute atomic E-state index is 0.0965. The number of halogens is 11. The van der Waals surface area contributed by atoms with Gasteiger partial charge in [-0.05, 0) is 95.2 Å². The lowest BCUT2D eigenvalue weighted by Gasteiger charge is -2.24. The van der Waals surface area contributed by atoms with Gasteiger partial charge < -0.3 is 15.2 Å². The number of anilines is 1. The first-order valence-corrected chi connectivity index (χ1v) is 23.8. The molecule has 0 spiro atoms. The molecule has 1 unspecified atom stereocenters. The Kier molecular flexibility index (Phi) is 13.2. The molecule has 4 aromatic rings. The minimum atomic E-state index is -5.31. The van der Waals surface area contributed by atoms with Crippen molar-refractivity contribution in [1.29, 1.82) is 5.41 Å². The van der Waals surface area contributed by atoms with Crippen molar-refractivity contribution in [1.82, 2.24) is 25.4 Å². The summed E-state index contributed by atoms with van der Waals surface area (Å²) in [4.78, 5) is 18.5. The lowest BCUT2D eigenvalue weighted by Crippen LogP contribution is -2.40. The van der Waals surface area contributed by atoms with Gasteiger partial charge >= 0.3 is 12.4 Å². The summed E-state index contributed by atoms with van der Waals surface area (Å²) >= 11 is 4.79. The fourth-order valence-corrected chi connectivity index (χ4v) is 11.1. The molecular formula is C44H42ClF10N7O4S2. The Morgan fingerprint density at radius 3 is 2.21 bits per heavy atom. The third-order valence-electron chi connectivity index (χ3n) is 12.1. The van der Waals surface area contributed by atoms with Gasteiger partial charge in [0.15, 0.2) is 9.84 Å². The largest absolute Gasteiger partial charge is 0.593 e. The smallest absolute Gasteiger partial charge is 0.433 e.